The number of carbonyl (C=O) groups is 1. The number of hydrogen-bond acceptors (Lipinski definition) is 3. The predicted molar refractivity (Wildman–Crippen MR) is 68.4 cm³/mol. The maximum absolute atomic E-state index is 12.7. The molecular formula is C12H17FN2OS. The molecule has 0 fully saturated rings. The van der Waals surface area contributed by atoms with Gasteiger partial charge in [0.1, 0.15) is 5.82 Å². The summed E-state index contributed by atoms with van der Waals surface area (Å²) in [5, 5.41) is 2.93. The lowest BCUT2D eigenvalue weighted by Gasteiger charge is -2.25. The number of benzene rings is 1. The second-order valence-corrected chi connectivity index (χ2v) is 5.17. The van der Waals surface area contributed by atoms with Crippen LogP contribution in [-0.4, -0.2) is 24.2 Å². The van der Waals surface area contributed by atoms with Gasteiger partial charge in [-0.05, 0) is 44.7 Å². The van der Waals surface area contributed by atoms with Gasteiger partial charge in [0.15, 0.2) is 0 Å². The summed E-state index contributed by atoms with van der Waals surface area (Å²) in [5.41, 5.74) is 4.63. The van der Waals surface area contributed by atoms with E-state index in [1.165, 1.54) is 12.1 Å². The lowest BCUT2D eigenvalue weighted by atomic mass is 9.99. The summed E-state index contributed by atoms with van der Waals surface area (Å²) in [6.07, 6.45) is 0.626. The third-order valence-electron chi connectivity index (χ3n) is 2.78. The van der Waals surface area contributed by atoms with E-state index in [4.69, 9.17) is 5.73 Å². The van der Waals surface area contributed by atoms with E-state index in [0.29, 0.717) is 6.42 Å². The molecule has 0 saturated carbocycles. The number of carbonyl (C=O) groups excluding carboxylic acids is 1. The smallest absolute Gasteiger partial charge is 0.237 e. The second-order valence-electron chi connectivity index (χ2n) is 4.00. The van der Waals surface area contributed by atoms with Crippen LogP contribution in [-0.2, 0) is 4.79 Å². The van der Waals surface area contributed by atoms with Crippen LogP contribution in [0.1, 0.15) is 13.3 Å². The molecule has 0 aliphatic heterocycles. The average molecular weight is 256 g/mol. The Balaban J connectivity index is 2.47. The van der Waals surface area contributed by atoms with Crippen molar-refractivity contribution in [3.63, 3.8) is 0 Å². The predicted octanol–water partition coefficient (Wildman–Crippen LogP) is 1.77. The minimum Gasteiger partial charge on any atom is -0.368 e. The van der Waals surface area contributed by atoms with Crippen LogP contribution in [0.15, 0.2) is 29.2 Å². The van der Waals surface area contributed by atoms with Gasteiger partial charge in [-0.2, -0.15) is 0 Å². The normalized spacial score (nSPS) is 14.3. The Morgan fingerprint density at radius 2 is 2.06 bits per heavy atom. The van der Waals surface area contributed by atoms with Gasteiger partial charge in [-0.15, -0.1) is 11.8 Å². The fourth-order valence-electron chi connectivity index (χ4n) is 1.28. The molecule has 0 bridgehead atoms. The van der Waals surface area contributed by atoms with Crippen LogP contribution >= 0.6 is 11.8 Å². The highest BCUT2D eigenvalue weighted by Crippen LogP contribution is 2.21. The van der Waals surface area contributed by atoms with Gasteiger partial charge < -0.3 is 11.1 Å². The first-order valence-corrected chi connectivity index (χ1v) is 6.34. The van der Waals surface area contributed by atoms with E-state index in [1.54, 1.807) is 37.9 Å². The van der Waals surface area contributed by atoms with E-state index in [1.807, 2.05) is 0 Å². The van der Waals surface area contributed by atoms with Crippen LogP contribution in [0.3, 0.4) is 0 Å². The van der Waals surface area contributed by atoms with Gasteiger partial charge in [-0.25, -0.2) is 4.39 Å². The van der Waals surface area contributed by atoms with Gasteiger partial charge >= 0.3 is 0 Å². The molecule has 0 aromatic heterocycles. The summed E-state index contributed by atoms with van der Waals surface area (Å²) in [4.78, 5) is 12.2. The molecule has 1 aromatic rings. The fraction of sp³-hybridized carbons (Fsp3) is 0.417. The number of nitrogens with one attached hydrogen (secondary N) is 1. The number of likely N-dealkylation sites (N-methyl/N-ethyl adjacent to an activating group) is 1. The van der Waals surface area contributed by atoms with Gasteiger partial charge in [-0.1, -0.05) is 0 Å². The number of amides is 1. The van der Waals surface area contributed by atoms with Crippen molar-refractivity contribution in [2.75, 3.05) is 12.8 Å². The summed E-state index contributed by atoms with van der Waals surface area (Å²) < 4.78 is 12.7. The zero-order valence-electron chi connectivity index (χ0n) is 10.00. The Kier molecular flexibility index (Phi) is 4.96. The quantitative estimate of drug-likeness (QED) is 0.763. The van der Waals surface area contributed by atoms with E-state index in [0.717, 1.165) is 10.6 Å². The summed E-state index contributed by atoms with van der Waals surface area (Å²) in [6, 6.07) is 6.29. The lowest BCUT2D eigenvalue weighted by Crippen LogP contribution is -2.51. The number of halogens is 1. The number of hydrogen-bond donors (Lipinski definition) is 2. The molecule has 1 aromatic carbocycles. The molecule has 94 valence electrons. The van der Waals surface area contributed by atoms with Crippen molar-refractivity contribution in [1.82, 2.24) is 5.32 Å². The largest absolute Gasteiger partial charge is 0.368 e. The third-order valence-corrected chi connectivity index (χ3v) is 3.79. The van der Waals surface area contributed by atoms with Crippen molar-refractivity contribution in [1.29, 1.82) is 0 Å². The second kappa shape index (κ2) is 6.02. The van der Waals surface area contributed by atoms with Gasteiger partial charge in [0.2, 0.25) is 5.91 Å². The highest BCUT2D eigenvalue weighted by Gasteiger charge is 2.28. The van der Waals surface area contributed by atoms with E-state index in [-0.39, 0.29) is 11.7 Å². The van der Waals surface area contributed by atoms with Crippen LogP contribution < -0.4 is 11.1 Å². The Bertz CT molecular complexity index is 383. The molecule has 5 heteroatoms. The van der Waals surface area contributed by atoms with E-state index in [9.17, 15) is 9.18 Å². The lowest BCUT2D eigenvalue weighted by molar-refractivity contribution is -0.123. The zero-order valence-corrected chi connectivity index (χ0v) is 10.8. The molecule has 0 aliphatic rings. The molecule has 1 unspecified atom stereocenters. The maximum atomic E-state index is 12.7. The molecule has 1 atom stereocenters. The molecule has 0 aliphatic carbocycles. The molecule has 1 amide bonds. The molecule has 1 rings (SSSR count). The Hall–Kier alpha value is -1.07. The molecular weight excluding hydrogens is 239 g/mol. The molecule has 0 radical (unpaired) electrons. The van der Waals surface area contributed by atoms with Crippen LogP contribution in [0, 0.1) is 5.82 Å². The minimum atomic E-state index is -0.687. The van der Waals surface area contributed by atoms with Crippen LogP contribution in [0.5, 0.6) is 0 Å². The highest BCUT2D eigenvalue weighted by molar-refractivity contribution is 7.99. The van der Waals surface area contributed by atoms with Crippen molar-refractivity contribution in [2.24, 2.45) is 5.73 Å². The summed E-state index contributed by atoms with van der Waals surface area (Å²) in [5.74, 6) is 0.137. The summed E-state index contributed by atoms with van der Waals surface area (Å²) in [7, 11) is 1.72. The van der Waals surface area contributed by atoms with Crippen molar-refractivity contribution < 1.29 is 9.18 Å². The molecule has 0 saturated heterocycles. The van der Waals surface area contributed by atoms with Crippen molar-refractivity contribution in [2.45, 2.75) is 23.8 Å². The molecule has 17 heavy (non-hydrogen) atoms. The van der Waals surface area contributed by atoms with E-state index < -0.39 is 5.54 Å². The fourth-order valence-corrected chi connectivity index (χ4v) is 2.35. The Morgan fingerprint density at radius 1 is 1.47 bits per heavy atom. The first-order valence-electron chi connectivity index (χ1n) is 5.35. The third kappa shape index (κ3) is 4.02. The SMILES string of the molecule is CNC(C)(CCSc1ccc(F)cc1)C(N)=O. The van der Waals surface area contributed by atoms with Gasteiger partial charge in [0.05, 0.1) is 5.54 Å². The van der Waals surface area contributed by atoms with Crippen LogP contribution in [0.4, 0.5) is 4.39 Å². The number of rotatable bonds is 6. The van der Waals surface area contributed by atoms with Gasteiger partial charge in [-0.3, -0.25) is 4.79 Å². The van der Waals surface area contributed by atoms with Crippen LogP contribution in [0.25, 0.3) is 0 Å². The highest BCUT2D eigenvalue weighted by atomic mass is 32.2. The molecule has 3 N–H and O–H groups in total. The van der Waals surface area contributed by atoms with Crippen molar-refractivity contribution >= 4 is 17.7 Å². The average Bonchev–Trinajstić information content (AvgIpc) is 2.31. The van der Waals surface area contributed by atoms with Gasteiger partial charge in [0.25, 0.3) is 0 Å². The minimum absolute atomic E-state index is 0.244. The van der Waals surface area contributed by atoms with Gasteiger partial charge in [0, 0.05) is 10.6 Å². The Morgan fingerprint density at radius 3 is 2.53 bits per heavy atom. The van der Waals surface area contributed by atoms with E-state index >= 15 is 0 Å². The zero-order chi connectivity index (χ0) is 12.9. The number of primary amides is 1. The Labute approximate surface area is 105 Å². The first kappa shape index (κ1) is 14.0. The molecule has 0 spiro atoms. The first-order chi connectivity index (χ1) is 7.98. The number of thioether (sulfide) groups is 1. The van der Waals surface area contributed by atoms with E-state index in [2.05, 4.69) is 5.32 Å². The number of nitrogens with two attached hydrogens (primary N) is 1. The maximum Gasteiger partial charge on any atom is 0.237 e. The molecule has 3 nitrogen and oxygen atoms in total. The topological polar surface area (TPSA) is 55.1 Å². The van der Waals surface area contributed by atoms with Crippen molar-refractivity contribution in [3.05, 3.63) is 30.1 Å². The summed E-state index contributed by atoms with van der Waals surface area (Å²) >= 11 is 1.57. The van der Waals surface area contributed by atoms with Crippen LogP contribution in [0.2, 0.25) is 0 Å². The summed E-state index contributed by atoms with van der Waals surface area (Å²) in [6.45, 7) is 1.78. The standard InChI is InChI=1S/C12H17FN2OS/c1-12(15-2,11(14)16)7-8-17-10-5-3-9(13)4-6-10/h3-6,15H,7-8H2,1-2H3,(H2,14,16). The molecule has 0 heterocycles. The van der Waals surface area contributed by atoms with Crippen molar-refractivity contribution in [3.8, 4) is 0 Å². The monoisotopic (exact) mass is 256 g/mol.